The highest BCUT2D eigenvalue weighted by Crippen LogP contribution is 2.38. The molecule has 1 aromatic rings. The second-order valence-electron chi connectivity index (χ2n) is 2.46. The largest absolute Gasteiger partial charge is 0.357 e. The predicted octanol–water partition coefficient (Wildman–Crippen LogP) is 0.709. The van der Waals surface area contributed by atoms with Crippen LogP contribution in [0.2, 0.25) is 0 Å². The van der Waals surface area contributed by atoms with Gasteiger partial charge in [0.25, 0.3) is 3.12 Å². The van der Waals surface area contributed by atoms with Gasteiger partial charge in [0.2, 0.25) is 0 Å². The van der Waals surface area contributed by atoms with Crippen LogP contribution in [0.15, 0.2) is 9.59 Å². The van der Waals surface area contributed by atoms with Crippen LogP contribution in [0.25, 0.3) is 0 Å². The number of alkyl halides is 3. The fraction of sp³-hybridized carbons (Fsp3) is 0.600. The van der Waals surface area contributed by atoms with Gasteiger partial charge in [0.05, 0.1) is 0 Å². The number of aromatic nitrogens is 3. The van der Waals surface area contributed by atoms with Crippen LogP contribution < -0.4 is 11.4 Å². The van der Waals surface area contributed by atoms with E-state index in [2.05, 4.69) is 0 Å². The van der Waals surface area contributed by atoms with E-state index >= 15 is 0 Å². The molecule has 1 aromatic heterocycles. The molecule has 5 nitrogen and oxygen atoms in total. The van der Waals surface area contributed by atoms with Crippen LogP contribution in [0, 0.1) is 0 Å². The first-order chi connectivity index (χ1) is 6.24. The van der Waals surface area contributed by atoms with Crippen molar-refractivity contribution >= 4 is 46.8 Å². The molecule has 1 rings (SSSR count). The summed E-state index contributed by atoms with van der Waals surface area (Å²) in [6.45, 7) is 0. The van der Waals surface area contributed by atoms with Gasteiger partial charge in [-0.25, -0.2) is 18.8 Å². The Kier molecular flexibility index (Phi) is 3.30. The molecule has 0 aromatic carbocycles. The van der Waals surface area contributed by atoms with Crippen molar-refractivity contribution < 1.29 is 0 Å². The molecule has 0 atom stereocenters. The highest BCUT2D eigenvalue weighted by Gasteiger charge is 2.25. The number of hydrogen-bond acceptors (Lipinski definition) is 3. The molecule has 0 unspecified atom stereocenters. The Hall–Kier alpha value is -0.0400. The number of nitrogens with zero attached hydrogens (tertiary/aromatic N) is 3. The standard InChI is InChI=1S/C5H6Cl3N3O2S/c1-9-3(12)10(2)11(4(9)13)14-5(6,7)8/h1-2H3. The summed E-state index contributed by atoms with van der Waals surface area (Å²) in [4.78, 5) is 22.7. The summed E-state index contributed by atoms with van der Waals surface area (Å²) in [5.74, 6) is 0. The van der Waals surface area contributed by atoms with Crippen molar-refractivity contribution in [1.82, 2.24) is 13.3 Å². The maximum absolute atomic E-state index is 11.4. The van der Waals surface area contributed by atoms with Crippen LogP contribution in [0.4, 0.5) is 0 Å². The van der Waals surface area contributed by atoms with E-state index < -0.39 is 14.5 Å². The molecule has 0 saturated heterocycles. The fourth-order valence-electron chi connectivity index (χ4n) is 0.832. The monoisotopic (exact) mass is 277 g/mol. The summed E-state index contributed by atoms with van der Waals surface area (Å²) in [6, 6.07) is 0. The minimum Gasteiger partial charge on any atom is -0.246 e. The fourth-order valence-corrected chi connectivity index (χ4v) is 2.01. The third-order valence-corrected chi connectivity index (χ3v) is 2.88. The molecule has 0 saturated carbocycles. The van der Waals surface area contributed by atoms with Gasteiger partial charge < -0.3 is 0 Å². The lowest BCUT2D eigenvalue weighted by atomic mass is 11.0. The molecule has 9 heteroatoms. The lowest BCUT2D eigenvalue weighted by Crippen LogP contribution is -2.24. The summed E-state index contributed by atoms with van der Waals surface area (Å²) in [6.07, 6.45) is 0. The molecule has 0 bridgehead atoms. The Morgan fingerprint density at radius 3 is 1.93 bits per heavy atom. The van der Waals surface area contributed by atoms with Crippen molar-refractivity contribution in [2.45, 2.75) is 3.12 Å². The molecular formula is C5H6Cl3N3O2S. The zero-order valence-corrected chi connectivity index (χ0v) is 10.3. The Labute approximate surface area is 98.3 Å². The van der Waals surface area contributed by atoms with E-state index in [-0.39, 0.29) is 0 Å². The summed E-state index contributed by atoms with van der Waals surface area (Å²) in [5, 5.41) is 0. The topological polar surface area (TPSA) is 48.9 Å². The van der Waals surface area contributed by atoms with Gasteiger partial charge in [-0.15, -0.1) is 0 Å². The lowest BCUT2D eigenvalue weighted by Gasteiger charge is -2.10. The highest BCUT2D eigenvalue weighted by molar-refractivity contribution is 8.03. The van der Waals surface area contributed by atoms with Crippen molar-refractivity contribution in [3.63, 3.8) is 0 Å². The summed E-state index contributed by atoms with van der Waals surface area (Å²) in [7, 11) is 2.76. The molecule has 0 amide bonds. The van der Waals surface area contributed by atoms with Gasteiger partial charge >= 0.3 is 11.4 Å². The van der Waals surface area contributed by atoms with E-state index in [0.717, 1.165) is 13.3 Å². The molecule has 0 N–H and O–H groups in total. The Balaban J connectivity index is 3.30. The Bertz CT molecular complexity index is 454. The Morgan fingerprint density at radius 2 is 1.64 bits per heavy atom. The molecule has 0 spiro atoms. The molecule has 0 aliphatic carbocycles. The van der Waals surface area contributed by atoms with E-state index in [1.165, 1.54) is 14.1 Å². The Morgan fingerprint density at radius 1 is 1.14 bits per heavy atom. The summed E-state index contributed by atoms with van der Waals surface area (Å²) < 4.78 is 1.28. The molecule has 0 aliphatic rings. The van der Waals surface area contributed by atoms with Gasteiger partial charge in [-0.1, -0.05) is 34.8 Å². The first-order valence-electron chi connectivity index (χ1n) is 3.35. The average molecular weight is 279 g/mol. The molecule has 1 heterocycles. The average Bonchev–Trinajstić information content (AvgIpc) is 2.20. The van der Waals surface area contributed by atoms with Crippen molar-refractivity contribution in [3.8, 4) is 0 Å². The maximum Gasteiger partial charge on any atom is 0.357 e. The van der Waals surface area contributed by atoms with E-state index in [0.29, 0.717) is 11.9 Å². The maximum atomic E-state index is 11.4. The smallest absolute Gasteiger partial charge is 0.246 e. The molecular weight excluding hydrogens is 273 g/mol. The molecule has 0 aliphatic heterocycles. The summed E-state index contributed by atoms with van der Waals surface area (Å²) in [5.41, 5.74) is -1.02. The molecule has 0 fully saturated rings. The van der Waals surface area contributed by atoms with Crippen LogP contribution in [0.5, 0.6) is 0 Å². The van der Waals surface area contributed by atoms with Crippen molar-refractivity contribution in [3.05, 3.63) is 21.0 Å². The SMILES string of the molecule is Cn1c(=O)n(C)n(SC(Cl)(Cl)Cl)c1=O. The second-order valence-corrected chi connectivity index (χ2v) is 6.55. The second kappa shape index (κ2) is 3.84. The highest BCUT2D eigenvalue weighted by atomic mass is 35.6. The minimum absolute atomic E-state index is 0.475. The number of hydrogen-bond donors (Lipinski definition) is 0. The van der Waals surface area contributed by atoms with Crippen molar-refractivity contribution in [2.75, 3.05) is 0 Å². The third kappa shape index (κ3) is 2.31. The first kappa shape index (κ1) is 12.0. The van der Waals surface area contributed by atoms with E-state index in [4.69, 9.17) is 34.8 Å². The van der Waals surface area contributed by atoms with Crippen molar-refractivity contribution in [1.29, 1.82) is 0 Å². The van der Waals surface area contributed by atoms with E-state index in [9.17, 15) is 9.59 Å². The van der Waals surface area contributed by atoms with Crippen LogP contribution >= 0.6 is 46.8 Å². The minimum atomic E-state index is -1.69. The van der Waals surface area contributed by atoms with Crippen LogP contribution in [0.1, 0.15) is 0 Å². The van der Waals surface area contributed by atoms with Crippen LogP contribution in [-0.2, 0) is 14.1 Å². The van der Waals surface area contributed by atoms with Gasteiger partial charge in [0.15, 0.2) is 0 Å². The number of halogens is 3. The van der Waals surface area contributed by atoms with Gasteiger partial charge in [-0.05, 0) is 0 Å². The first-order valence-corrected chi connectivity index (χ1v) is 5.26. The van der Waals surface area contributed by atoms with Crippen LogP contribution in [0.3, 0.4) is 0 Å². The van der Waals surface area contributed by atoms with Crippen LogP contribution in [-0.4, -0.2) is 16.5 Å². The van der Waals surface area contributed by atoms with E-state index in [1.807, 2.05) is 0 Å². The van der Waals surface area contributed by atoms with Gasteiger partial charge in [-0.3, -0.25) is 0 Å². The number of rotatable bonds is 1. The predicted molar refractivity (Wildman–Crippen MR) is 58.2 cm³/mol. The molecule has 14 heavy (non-hydrogen) atoms. The van der Waals surface area contributed by atoms with Gasteiger partial charge in [-0.2, -0.15) is 4.09 Å². The molecule has 80 valence electrons. The quantitative estimate of drug-likeness (QED) is 0.711. The third-order valence-electron chi connectivity index (χ3n) is 1.48. The summed E-state index contributed by atoms with van der Waals surface area (Å²) >= 11 is 17.1. The zero-order valence-electron chi connectivity index (χ0n) is 7.20. The van der Waals surface area contributed by atoms with Gasteiger partial charge in [0, 0.05) is 26.0 Å². The van der Waals surface area contributed by atoms with Crippen molar-refractivity contribution in [2.24, 2.45) is 14.1 Å². The van der Waals surface area contributed by atoms with Gasteiger partial charge in [0.1, 0.15) is 0 Å². The molecule has 0 radical (unpaired) electrons. The van der Waals surface area contributed by atoms with E-state index in [1.54, 1.807) is 0 Å². The zero-order chi connectivity index (χ0) is 11.1. The lowest BCUT2D eigenvalue weighted by molar-refractivity contribution is 0.683. The normalized spacial score (nSPS) is 12.1.